The molecule has 2 amide bonds. The van der Waals surface area contributed by atoms with Gasteiger partial charge in [-0.25, -0.2) is 9.18 Å². The van der Waals surface area contributed by atoms with Crippen molar-refractivity contribution in [2.45, 2.75) is 51.3 Å². The number of morpholine rings is 1. The van der Waals surface area contributed by atoms with Crippen LogP contribution in [0, 0.1) is 5.82 Å². The maximum atomic E-state index is 15.4. The van der Waals surface area contributed by atoms with E-state index < -0.39 is 47.7 Å². The van der Waals surface area contributed by atoms with E-state index in [1.165, 1.54) is 35.1 Å². The number of carbonyl (C=O) groups excluding carboxylic acids is 2. The lowest BCUT2D eigenvalue weighted by Crippen LogP contribution is -2.62. The molecule has 0 spiro atoms. The number of ether oxygens (including phenoxy) is 4. The molecule has 0 aliphatic carbocycles. The Morgan fingerprint density at radius 2 is 1.87 bits per heavy atom. The van der Waals surface area contributed by atoms with E-state index in [0.29, 0.717) is 6.42 Å². The summed E-state index contributed by atoms with van der Waals surface area (Å²) in [4.78, 5) is 28.4. The summed E-state index contributed by atoms with van der Waals surface area (Å²) in [6.07, 6.45) is -5.59. The number of likely N-dealkylation sites (tertiary alicyclic amines) is 1. The average molecular weight is 541 g/mol. The average Bonchev–Trinajstić information content (AvgIpc) is 2.81. The molecule has 2 fully saturated rings. The van der Waals surface area contributed by atoms with E-state index >= 15 is 4.39 Å². The van der Waals surface area contributed by atoms with Gasteiger partial charge in [0, 0.05) is 18.2 Å². The zero-order valence-electron chi connectivity index (χ0n) is 21.3. The van der Waals surface area contributed by atoms with Gasteiger partial charge in [0.2, 0.25) is 0 Å². The fourth-order valence-corrected chi connectivity index (χ4v) is 4.58. The zero-order valence-corrected chi connectivity index (χ0v) is 21.3. The second-order valence-electron chi connectivity index (χ2n) is 9.98. The number of benzene rings is 2. The minimum Gasteiger partial charge on any atom is -0.495 e. The summed E-state index contributed by atoms with van der Waals surface area (Å²) in [6, 6.07) is 6.85. The Bertz CT molecular complexity index is 1210. The van der Waals surface area contributed by atoms with Gasteiger partial charge in [0.1, 0.15) is 29.5 Å². The second kappa shape index (κ2) is 10.3. The van der Waals surface area contributed by atoms with Gasteiger partial charge in [0.15, 0.2) is 0 Å². The van der Waals surface area contributed by atoms with Crippen molar-refractivity contribution >= 4 is 17.7 Å². The van der Waals surface area contributed by atoms with Crippen molar-refractivity contribution in [1.29, 1.82) is 0 Å². The van der Waals surface area contributed by atoms with Gasteiger partial charge < -0.3 is 28.7 Å². The van der Waals surface area contributed by atoms with Crippen molar-refractivity contribution in [1.82, 2.24) is 4.90 Å². The maximum absolute atomic E-state index is 15.4. The number of carbonyl (C=O) groups is 2. The molecule has 2 aliphatic heterocycles. The molecule has 4 rings (SSSR count). The van der Waals surface area contributed by atoms with Gasteiger partial charge in [-0.05, 0) is 51.0 Å². The Morgan fingerprint density at radius 3 is 2.53 bits per heavy atom. The number of hydrogen-bond acceptors (Lipinski definition) is 6. The van der Waals surface area contributed by atoms with Crippen molar-refractivity contribution in [2.75, 3.05) is 31.7 Å². The standard InChI is InChI=1S/C26H28F4N2O6/c1-25(2,3)38-24(34)31-9-8-19-22(13-31)36-14-23(33)32(19)20-12-18(27)17(11-21(20)35-4)15-6-5-7-16(10-15)37-26(28,29)30/h5-7,10-12,19,22H,8-9,13-14H2,1-4H3. The summed E-state index contributed by atoms with van der Waals surface area (Å²) in [7, 11) is 1.34. The van der Waals surface area contributed by atoms with E-state index in [1.54, 1.807) is 20.8 Å². The fourth-order valence-electron chi connectivity index (χ4n) is 4.58. The number of amides is 2. The van der Waals surface area contributed by atoms with Gasteiger partial charge in [-0.15, -0.1) is 13.2 Å². The molecule has 2 aromatic rings. The van der Waals surface area contributed by atoms with E-state index in [4.69, 9.17) is 14.2 Å². The van der Waals surface area contributed by atoms with Crippen LogP contribution in [-0.4, -0.2) is 67.8 Å². The van der Waals surface area contributed by atoms with Crippen molar-refractivity contribution < 1.29 is 46.1 Å². The molecule has 2 saturated heterocycles. The van der Waals surface area contributed by atoms with Crippen molar-refractivity contribution in [3.8, 4) is 22.6 Å². The Kier molecular flexibility index (Phi) is 7.46. The normalized spacial score (nSPS) is 20.2. The van der Waals surface area contributed by atoms with Gasteiger partial charge in [-0.1, -0.05) is 12.1 Å². The van der Waals surface area contributed by atoms with Crippen LogP contribution < -0.4 is 14.4 Å². The highest BCUT2D eigenvalue weighted by Gasteiger charge is 2.44. The zero-order chi connectivity index (χ0) is 27.8. The smallest absolute Gasteiger partial charge is 0.495 e. The number of methoxy groups -OCH3 is 1. The number of alkyl halides is 3. The van der Waals surface area contributed by atoms with E-state index in [9.17, 15) is 22.8 Å². The molecule has 2 aromatic carbocycles. The molecule has 0 N–H and O–H groups in total. The minimum absolute atomic E-state index is 0.0322. The predicted octanol–water partition coefficient (Wildman–Crippen LogP) is 5.14. The summed E-state index contributed by atoms with van der Waals surface area (Å²) in [6.45, 7) is 5.47. The van der Waals surface area contributed by atoms with Crippen LogP contribution in [0.4, 0.5) is 28.0 Å². The molecule has 2 atom stereocenters. The van der Waals surface area contributed by atoms with Crippen LogP contribution in [0.2, 0.25) is 0 Å². The molecule has 2 heterocycles. The van der Waals surface area contributed by atoms with Crippen LogP contribution in [0.1, 0.15) is 27.2 Å². The van der Waals surface area contributed by atoms with Crippen LogP contribution in [-0.2, 0) is 14.3 Å². The first-order valence-corrected chi connectivity index (χ1v) is 11.9. The first-order valence-electron chi connectivity index (χ1n) is 11.9. The summed E-state index contributed by atoms with van der Waals surface area (Å²) in [5.74, 6) is -1.54. The number of nitrogens with zero attached hydrogens (tertiary/aromatic N) is 2. The first kappa shape index (κ1) is 27.5. The van der Waals surface area contributed by atoms with Gasteiger partial charge in [-0.2, -0.15) is 0 Å². The van der Waals surface area contributed by atoms with Crippen LogP contribution in [0.5, 0.6) is 11.5 Å². The van der Waals surface area contributed by atoms with Crippen LogP contribution in [0.3, 0.4) is 0 Å². The SMILES string of the molecule is COc1cc(-c2cccc(OC(F)(F)F)c2)c(F)cc1N1C(=O)COC2CN(C(=O)OC(C)(C)C)CCC21. The quantitative estimate of drug-likeness (QED) is 0.500. The van der Waals surface area contributed by atoms with E-state index in [0.717, 1.165) is 18.2 Å². The lowest BCUT2D eigenvalue weighted by molar-refractivity contribution is -0.274. The van der Waals surface area contributed by atoms with Crippen molar-refractivity contribution in [2.24, 2.45) is 0 Å². The summed E-state index contributed by atoms with van der Waals surface area (Å²) < 4.78 is 73.9. The molecule has 0 aromatic heterocycles. The highest BCUT2D eigenvalue weighted by molar-refractivity contribution is 5.97. The monoisotopic (exact) mass is 540 g/mol. The van der Waals surface area contributed by atoms with E-state index in [-0.39, 0.29) is 42.3 Å². The lowest BCUT2D eigenvalue weighted by Gasteiger charge is -2.46. The summed E-state index contributed by atoms with van der Waals surface area (Å²) >= 11 is 0. The first-order chi connectivity index (χ1) is 17.8. The second-order valence-corrected chi connectivity index (χ2v) is 9.98. The Balaban J connectivity index is 1.62. The molecule has 0 bridgehead atoms. The fraction of sp³-hybridized carbons (Fsp3) is 0.462. The van der Waals surface area contributed by atoms with Gasteiger partial charge in [0.25, 0.3) is 5.91 Å². The number of anilines is 1. The van der Waals surface area contributed by atoms with Crippen LogP contribution >= 0.6 is 0 Å². The largest absolute Gasteiger partial charge is 0.573 e. The maximum Gasteiger partial charge on any atom is 0.573 e. The van der Waals surface area contributed by atoms with Crippen molar-refractivity contribution in [3.05, 3.63) is 42.2 Å². The number of fused-ring (bicyclic) bond motifs is 1. The minimum atomic E-state index is -4.90. The molecule has 12 heteroatoms. The Morgan fingerprint density at radius 1 is 1.13 bits per heavy atom. The topological polar surface area (TPSA) is 77.5 Å². The molecule has 2 unspecified atom stereocenters. The molecule has 2 aliphatic rings. The molecule has 0 saturated carbocycles. The van der Waals surface area contributed by atoms with Crippen LogP contribution in [0.25, 0.3) is 11.1 Å². The van der Waals surface area contributed by atoms with Crippen LogP contribution in [0.15, 0.2) is 36.4 Å². The number of halogens is 4. The summed E-state index contributed by atoms with van der Waals surface area (Å²) in [5.41, 5.74) is -0.416. The number of hydrogen-bond donors (Lipinski definition) is 0. The van der Waals surface area contributed by atoms with E-state index in [2.05, 4.69) is 4.74 Å². The van der Waals surface area contributed by atoms with E-state index in [1.807, 2.05) is 0 Å². The third kappa shape index (κ3) is 6.12. The third-order valence-electron chi connectivity index (χ3n) is 6.10. The van der Waals surface area contributed by atoms with Gasteiger partial charge >= 0.3 is 12.5 Å². The Labute approximate surface area is 217 Å². The highest BCUT2D eigenvalue weighted by atomic mass is 19.4. The van der Waals surface area contributed by atoms with Crippen molar-refractivity contribution in [3.63, 3.8) is 0 Å². The molecule has 8 nitrogen and oxygen atoms in total. The van der Waals surface area contributed by atoms with Gasteiger partial charge in [0.05, 0.1) is 31.5 Å². The molecule has 38 heavy (non-hydrogen) atoms. The lowest BCUT2D eigenvalue weighted by atomic mass is 9.96. The molecular weight excluding hydrogens is 512 g/mol. The molecule has 0 radical (unpaired) electrons. The summed E-state index contributed by atoms with van der Waals surface area (Å²) in [5, 5.41) is 0. The molecule has 206 valence electrons. The number of piperidine rings is 1. The highest BCUT2D eigenvalue weighted by Crippen LogP contribution is 2.40. The molecular formula is C26H28F4N2O6. The predicted molar refractivity (Wildman–Crippen MR) is 129 cm³/mol. The third-order valence-corrected chi connectivity index (χ3v) is 6.10. The Hall–Kier alpha value is -3.54. The van der Waals surface area contributed by atoms with Gasteiger partial charge in [-0.3, -0.25) is 4.79 Å². The number of rotatable bonds is 4.